The van der Waals surface area contributed by atoms with Crippen LogP contribution in [0, 0.1) is 6.92 Å². The van der Waals surface area contributed by atoms with Gasteiger partial charge in [0, 0.05) is 0 Å². The van der Waals surface area contributed by atoms with Crippen LogP contribution in [0.25, 0.3) is 33.4 Å². The van der Waals surface area contributed by atoms with Crippen molar-refractivity contribution in [1.29, 1.82) is 0 Å². The Morgan fingerprint density at radius 3 is 1.54 bits per heavy atom. The summed E-state index contributed by atoms with van der Waals surface area (Å²) in [5.74, 6) is 0.0711. The molecule has 4 aromatic rings. The Morgan fingerprint density at radius 1 is 0.596 bits per heavy atom. The molecular formula is C44H48O8. The molecule has 0 atom stereocenters. The number of carbonyl (C=O) groups is 2. The van der Waals surface area contributed by atoms with E-state index in [1.807, 2.05) is 54.6 Å². The lowest BCUT2D eigenvalue weighted by molar-refractivity contribution is -0.141. The van der Waals surface area contributed by atoms with E-state index in [-0.39, 0.29) is 37.6 Å². The molecule has 0 fully saturated rings. The van der Waals surface area contributed by atoms with Gasteiger partial charge in [0.15, 0.2) is 0 Å². The van der Waals surface area contributed by atoms with Gasteiger partial charge in [0.2, 0.25) is 0 Å². The summed E-state index contributed by atoms with van der Waals surface area (Å²) < 4.78 is 21.5. The number of hydrogen-bond donors (Lipinski definition) is 2. The Balaban J connectivity index is 1.45. The molecule has 0 aromatic heterocycles. The number of unbranched alkanes of at least 4 members (excludes halogenated alkanes) is 3. The van der Waals surface area contributed by atoms with Crippen LogP contribution in [0.4, 0.5) is 0 Å². The predicted octanol–water partition coefficient (Wildman–Crippen LogP) is 8.23. The highest BCUT2D eigenvalue weighted by Gasteiger charge is 2.14. The fourth-order valence-corrected chi connectivity index (χ4v) is 5.67. The second-order valence-electron chi connectivity index (χ2n) is 12.3. The van der Waals surface area contributed by atoms with E-state index < -0.39 is 25.2 Å². The van der Waals surface area contributed by atoms with Gasteiger partial charge < -0.3 is 29.2 Å². The summed E-state index contributed by atoms with van der Waals surface area (Å²) in [6, 6.07) is 28.7. The molecule has 0 saturated heterocycles. The summed E-state index contributed by atoms with van der Waals surface area (Å²) in [6.07, 6.45) is 7.31. The van der Waals surface area contributed by atoms with Crippen LogP contribution in [0.5, 0.6) is 11.5 Å². The molecule has 0 heterocycles. The van der Waals surface area contributed by atoms with E-state index in [2.05, 4.69) is 63.1 Å². The van der Waals surface area contributed by atoms with Crippen LogP contribution >= 0.6 is 0 Å². The topological polar surface area (TPSA) is 112 Å². The summed E-state index contributed by atoms with van der Waals surface area (Å²) in [6.45, 7) is 12.6. The first-order valence-electron chi connectivity index (χ1n) is 17.5. The molecule has 52 heavy (non-hydrogen) atoms. The largest absolute Gasteiger partial charge is 0.490 e. The van der Waals surface area contributed by atoms with Gasteiger partial charge in [-0.1, -0.05) is 86.3 Å². The van der Waals surface area contributed by atoms with Crippen molar-refractivity contribution in [2.75, 3.05) is 39.6 Å². The normalized spacial score (nSPS) is 10.7. The van der Waals surface area contributed by atoms with Gasteiger partial charge in [0.05, 0.1) is 24.4 Å². The fourth-order valence-electron chi connectivity index (χ4n) is 5.67. The van der Waals surface area contributed by atoms with Crippen LogP contribution < -0.4 is 9.47 Å². The molecule has 0 aliphatic heterocycles. The average Bonchev–Trinajstić information content (AvgIpc) is 3.18. The Morgan fingerprint density at radius 2 is 1.04 bits per heavy atom. The van der Waals surface area contributed by atoms with Crippen molar-refractivity contribution in [3.8, 4) is 44.9 Å². The van der Waals surface area contributed by atoms with Crippen LogP contribution in [-0.2, 0) is 25.5 Å². The maximum absolute atomic E-state index is 11.7. The van der Waals surface area contributed by atoms with E-state index in [1.165, 1.54) is 22.3 Å². The zero-order valence-corrected chi connectivity index (χ0v) is 29.9. The SMILES string of the molecule is C=CCCCCCc1c(-c2ccc(-c3ccc(OCCOC(=O)C(=C)CO)cc3)cc2)ccc(-c2ccc(OCCOC(=O)C(=C)CO)cc2)c1C. The van der Waals surface area contributed by atoms with Crippen LogP contribution in [0.3, 0.4) is 0 Å². The Kier molecular flexibility index (Phi) is 15.5. The highest BCUT2D eigenvalue weighted by atomic mass is 16.6. The van der Waals surface area contributed by atoms with Crippen LogP contribution in [0.1, 0.15) is 36.8 Å². The molecule has 0 radical (unpaired) electrons. The second kappa shape index (κ2) is 20.4. The molecule has 2 N–H and O–H groups in total. The lowest BCUT2D eigenvalue weighted by Crippen LogP contribution is -2.14. The van der Waals surface area contributed by atoms with Crippen LogP contribution in [-0.4, -0.2) is 61.8 Å². The van der Waals surface area contributed by atoms with Gasteiger partial charge in [-0.3, -0.25) is 0 Å². The van der Waals surface area contributed by atoms with E-state index in [4.69, 9.17) is 29.2 Å². The number of esters is 2. The number of ether oxygens (including phenoxy) is 4. The van der Waals surface area contributed by atoms with Gasteiger partial charge in [-0.05, 0) is 101 Å². The molecule has 4 aromatic carbocycles. The quantitative estimate of drug-likeness (QED) is 0.0386. The molecule has 0 saturated carbocycles. The highest BCUT2D eigenvalue weighted by Crippen LogP contribution is 2.36. The van der Waals surface area contributed by atoms with E-state index in [9.17, 15) is 9.59 Å². The fraction of sp³-hybridized carbons (Fsp3) is 0.273. The molecule has 0 aliphatic carbocycles. The van der Waals surface area contributed by atoms with Crippen LogP contribution in [0.15, 0.2) is 122 Å². The number of allylic oxidation sites excluding steroid dienone is 1. The van der Waals surface area contributed by atoms with E-state index in [0.717, 1.165) is 54.4 Å². The zero-order chi connectivity index (χ0) is 37.3. The molecular weight excluding hydrogens is 656 g/mol. The van der Waals surface area contributed by atoms with E-state index in [0.29, 0.717) is 11.5 Å². The van der Waals surface area contributed by atoms with Crippen molar-refractivity contribution < 1.29 is 38.7 Å². The molecule has 0 unspecified atom stereocenters. The monoisotopic (exact) mass is 704 g/mol. The first kappa shape index (κ1) is 39.3. The van der Waals surface area contributed by atoms with Gasteiger partial charge in [0.25, 0.3) is 0 Å². The molecule has 8 heteroatoms. The summed E-state index contributed by atoms with van der Waals surface area (Å²) >= 11 is 0. The molecule has 272 valence electrons. The minimum absolute atomic E-state index is 0.0100. The van der Waals surface area contributed by atoms with Crippen molar-refractivity contribution in [2.45, 2.75) is 39.0 Å². The Hall–Kier alpha value is -5.44. The lowest BCUT2D eigenvalue weighted by Gasteiger charge is -2.18. The van der Waals surface area contributed by atoms with Crippen molar-refractivity contribution in [1.82, 2.24) is 0 Å². The smallest absolute Gasteiger partial charge is 0.335 e. The van der Waals surface area contributed by atoms with Gasteiger partial charge in [-0.2, -0.15) is 0 Å². The molecule has 4 rings (SSSR count). The number of aliphatic hydroxyl groups excluding tert-OH is 2. The molecule has 0 aliphatic rings. The molecule has 8 nitrogen and oxygen atoms in total. The first-order valence-corrected chi connectivity index (χ1v) is 17.5. The Labute approximate surface area is 306 Å². The molecule has 0 amide bonds. The first-order chi connectivity index (χ1) is 25.2. The summed E-state index contributed by atoms with van der Waals surface area (Å²) in [5, 5.41) is 18.0. The predicted molar refractivity (Wildman–Crippen MR) is 205 cm³/mol. The number of rotatable bonds is 21. The summed E-state index contributed by atoms with van der Waals surface area (Å²) in [7, 11) is 0. The van der Waals surface area contributed by atoms with Gasteiger partial charge in [0.1, 0.15) is 37.9 Å². The number of carbonyl (C=O) groups excluding carboxylic acids is 2. The standard InChI is InChI=1S/C44H48O8/c1-5-6-7-8-9-10-41-33(4)40(36-17-21-39(22-18-36)50-26-28-52-44(48)32(3)30-46)23-24-42(41)37-13-11-34(12-14-37)35-15-19-38(20-16-35)49-25-27-51-43(47)31(2)29-45/h5,11-24,45-46H,1-3,6-10,25-30H2,4H3. The van der Waals surface area contributed by atoms with Gasteiger partial charge in [-0.25, -0.2) is 9.59 Å². The third kappa shape index (κ3) is 11.3. The van der Waals surface area contributed by atoms with E-state index >= 15 is 0 Å². The number of benzene rings is 4. The van der Waals surface area contributed by atoms with Crippen molar-refractivity contribution >= 4 is 11.9 Å². The third-order valence-electron chi connectivity index (χ3n) is 8.61. The van der Waals surface area contributed by atoms with Gasteiger partial charge >= 0.3 is 11.9 Å². The van der Waals surface area contributed by atoms with Crippen molar-refractivity contribution in [3.05, 3.63) is 133 Å². The van der Waals surface area contributed by atoms with Crippen LogP contribution in [0.2, 0.25) is 0 Å². The lowest BCUT2D eigenvalue weighted by atomic mass is 9.87. The second-order valence-corrected chi connectivity index (χ2v) is 12.3. The minimum Gasteiger partial charge on any atom is -0.490 e. The molecule has 0 bridgehead atoms. The maximum Gasteiger partial charge on any atom is 0.335 e. The zero-order valence-electron chi connectivity index (χ0n) is 29.9. The van der Waals surface area contributed by atoms with Gasteiger partial charge in [-0.15, -0.1) is 6.58 Å². The van der Waals surface area contributed by atoms with Crippen molar-refractivity contribution in [2.24, 2.45) is 0 Å². The average molecular weight is 705 g/mol. The minimum atomic E-state index is -0.632. The van der Waals surface area contributed by atoms with E-state index in [1.54, 1.807) is 0 Å². The van der Waals surface area contributed by atoms with Crippen molar-refractivity contribution in [3.63, 3.8) is 0 Å². The summed E-state index contributed by atoms with van der Waals surface area (Å²) in [5.41, 5.74) is 9.38. The number of hydrogen-bond acceptors (Lipinski definition) is 8. The maximum atomic E-state index is 11.7. The summed E-state index contributed by atoms with van der Waals surface area (Å²) in [4.78, 5) is 23.3. The number of aliphatic hydroxyl groups is 2. The Bertz CT molecular complexity index is 1810. The highest BCUT2D eigenvalue weighted by molar-refractivity contribution is 5.88. The molecule has 0 spiro atoms. The third-order valence-corrected chi connectivity index (χ3v) is 8.61.